The van der Waals surface area contributed by atoms with E-state index in [1.54, 1.807) is 0 Å². The summed E-state index contributed by atoms with van der Waals surface area (Å²) in [6.45, 7) is 1.90. The van der Waals surface area contributed by atoms with Gasteiger partial charge >= 0.3 is 0 Å². The largest absolute Gasteiger partial charge is 0.473 e. The number of ether oxygens (including phenoxy) is 2. The van der Waals surface area contributed by atoms with Crippen molar-refractivity contribution >= 4 is 5.78 Å². The third-order valence-corrected chi connectivity index (χ3v) is 1.70. The van der Waals surface area contributed by atoms with Crippen molar-refractivity contribution in [2.45, 2.75) is 6.92 Å². The quantitative estimate of drug-likeness (QED) is 0.548. The lowest BCUT2D eigenvalue weighted by molar-refractivity contribution is 0.101. The van der Waals surface area contributed by atoms with Crippen LogP contribution in [0.4, 0.5) is 4.39 Å². The molecule has 0 N–H and O–H groups in total. The molecule has 0 saturated carbocycles. The Morgan fingerprint density at radius 1 is 1.47 bits per heavy atom. The molecule has 0 saturated heterocycles. The Bertz CT molecular complexity index is 355. The lowest BCUT2D eigenvalue weighted by atomic mass is 10.3. The Morgan fingerprint density at radius 2 is 2.20 bits per heavy atom. The van der Waals surface area contributed by atoms with Gasteiger partial charge in [-0.2, -0.15) is 0 Å². The highest BCUT2D eigenvalue weighted by Gasteiger charge is 2.09. The topological polar surface area (TPSA) is 48.4 Å². The van der Waals surface area contributed by atoms with Crippen LogP contribution in [0, 0.1) is 5.82 Å². The van der Waals surface area contributed by atoms with Crippen LogP contribution in [-0.4, -0.2) is 31.1 Å². The van der Waals surface area contributed by atoms with Crippen LogP contribution < -0.4 is 4.74 Å². The van der Waals surface area contributed by atoms with Crippen molar-refractivity contribution in [3.63, 3.8) is 0 Å². The molecule has 0 aliphatic heterocycles. The van der Waals surface area contributed by atoms with Gasteiger partial charge in [0.2, 0.25) is 0 Å². The lowest BCUT2D eigenvalue weighted by Gasteiger charge is -2.06. The van der Waals surface area contributed by atoms with E-state index in [0.29, 0.717) is 6.61 Å². The number of nitrogens with zero attached hydrogens (tertiary/aromatic N) is 1. The Balaban J connectivity index is 2.76. The Morgan fingerprint density at radius 3 is 2.80 bits per heavy atom. The molecule has 1 aromatic heterocycles. The van der Waals surface area contributed by atoms with Crippen molar-refractivity contribution in [1.82, 2.24) is 4.98 Å². The molecule has 15 heavy (non-hydrogen) atoms. The van der Waals surface area contributed by atoms with Crippen LogP contribution in [0.3, 0.4) is 0 Å². The van der Waals surface area contributed by atoms with Gasteiger partial charge in [0.15, 0.2) is 11.6 Å². The van der Waals surface area contributed by atoms with Crippen LogP contribution >= 0.6 is 0 Å². The normalized spacial score (nSPS) is 10.1. The Hall–Kier alpha value is -1.49. The standard InChI is InChI=1S/C10H12FNO3/c1-7(13)9-4-3-8(11)10(12-9)15-6-5-14-2/h3-4H,5-6H2,1-2H3. The number of methoxy groups -OCH3 is 1. The fourth-order valence-corrected chi connectivity index (χ4v) is 0.942. The van der Waals surface area contributed by atoms with E-state index in [4.69, 9.17) is 9.47 Å². The molecule has 0 atom stereocenters. The zero-order chi connectivity index (χ0) is 11.3. The van der Waals surface area contributed by atoms with E-state index in [1.807, 2.05) is 0 Å². The van der Waals surface area contributed by atoms with Crippen LogP contribution in [0.1, 0.15) is 17.4 Å². The van der Waals surface area contributed by atoms with Crippen molar-refractivity contribution in [3.05, 3.63) is 23.6 Å². The summed E-state index contributed by atoms with van der Waals surface area (Å²) < 4.78 is 22.9. The van der Waals surface area contributed by atoms with E-state index in [2.05, 4.69) is 4.98 Å². The van der Waals surface area contributed by atoms with E-state index in [1.165, 1.54) is 20.1 Å². The van der Waals surface area contributed by atoms with Crippen molar-refractivity contribution < 1.29 is 18.7 Å². The number of Topliss-reactive ketones (excluding diaryl/α,β-unsaturated/α-hetero) is 1. The van der Waals surface area contributed by atoms with E-state index < -0.39 is 5.82 Å². The highest BCUT2D eigenvalue weighted by molar-refractivity contribution is 5.92. The summed E-state index contributed by atoms with van der Waals surface area (Å²) >= 11 is 0. The highest BCUT2D eigenvalue weighted by atomic mass is 19.1. The molecule has 0 aliphatic carbocycles. The summed E-state index contributed by atoms with van der Waals surface area (Å²) in [6.07, 6.45) is 0. The molecule has 1 aromatic rings. The number of rotatable bonds is 5. The van der Waals surface area contributed by atoms with Gasteiger partial charge in [0.1, 0.15) is 12.3 Å². The minimum absolute atomic E-state index is 0.167. The molecule has 4 nitrogen and oxygen atoms in total. The van der Waals surface area contributed by atoms with Gasteiger partial charge < -0.3 is 9.47 Å². The Labute approximate surface area is 87.0 Å². The zero-order valence-corrected chi connectivity index (χ0v) is 8.62. The molecule has 1 rings (SSSR count). The molecule has 0 spiro atoms. The highest BCUT2D eigenvalue weighted by Crippen LogP contribution is 2.14. The maximum atomic E-state index is 13.1. The van der Waals surface area contributed by atoms with Crippen molar-refractivity contribution in [2.75, 3.05) is 20.3 Å². The van der Waals surface area contributed by atoms with Gasteiger partial charge in [0.25, 0.3) is 5.88 Å². The molecule has 0 aromatic carbocycles. The molecule has 0 fully saturated rings. The molecular weight excluding hydrogens is 201 g/mol. The van der Waals surface area contributed by atoms with Gasteiger partial charge in [0, 0.05) is 14.0 Å². The molecule has 0 amide bonds. The summed E-state index contributed by atoms with van der Waals surface area (Å²) in [5.74, 6) is -0.984. The van der Waals surface area contributed by atoms with Crippen LogP contribution in [0.25, 0.3) is 0 Å². The fraction of sp³-hybridized carbons (Fsp3) is 0.400. The first-order valence-corrected chi connectivity index (χ1v) is 4.44. The number of carbonyl (C=O) groups is 1. The average molecular weight is 213 g/mol. The monoisotopic (exact) mass is 213 g/mol. The van der Waals surface area contributed by atoms with E-state index in [0.717, 1.165) is 6.07 Å². The summed E-state index contributed by atoms with van der Waals surface area (Å²) in [7, 11) is 1.51. The van der Waals surface area contributed by atoms with Crippen LogP contribution in [0.2, 0.25) is 0 Å². The first kappa shape index (κ1) is 11.6. The van der Waals surface area contributed by atoms with Crippen molar-refractivity contribution in [2.24, 2.45) is 0 Å². The first-order chi connectivity index (χ1) is 7.15. The molecule has 0 bridgehead atoms. The molecular formula is C10H12FNO3. The fourth-order valence-electron chi connectivity index (χ4n) is 0.942. The number of carbonyl (C=O) groups excluding carboxylic acids is 1. The van der Waals surface area contributed by atoms with Gasteiger partial charge in [-0.3, -0.25) is 4.79 Å². The number of hydrogen-bond acceptors (Lipinski definition) is 4. The van der Waals surface area contributed by atoms with Crippen LogP contribution in [0.5, 0.6) is 5.88 Å². The van der Waals surface area contributed by atoms with Gasteiger partial charge in [-0.25, -0.2) is 9.37 Å². The van der Waals surface area contributed by atoms with Gasteiger partial charge in [0.05, 0.1) is 6.61 Å². The smallest absolute Gasteiger partial charge is 0.251 e. The molecule has 0 unspecified atom stereocenters. The minimum atomic E-state index is -0.587. The summed E-state index contributed by atoms with van der Waals surface area (Å²) in [5.41, 5.74) is 0.184. The van der Waals surface area contributed by atoms with E-state index in [-0.39, 0.29) is 24.0 Å². The van der Waals surface area contributed by atoms with Crippen LogP contribution in [-0.2, 0) is 4.74 Å². The SMILES string of the molecule is COCCOc1nc(C(C)=O)ccc1F. The van der Waals surface area contributed by atoms with Crippen LogP contribution in [0.15, 0.2) is 12.1 Å². The second-order valence-corrected chi connectivity index (χ2v) is 2.88. The second-order valence-electron chi connectivity index (χ2n) is 2.88. The number of hydrogen-bond donors (Lipinski definition) is 0. The predicted molar refractivity (Wildman–Crippen MR) is 51.6 cm³/mol. The third-order valence-electron chi connectivity index (χ3n) is 1.70. The van der Waals surface area contributed by atoms with Gasteiger partial charge in [-0.15, -0.1) is 0 Å². The summed E-state index contributed by atoms with van der Waals surface area (Å²) in [6, 6.07) is 2.48. The zero-order valence-electron chi connectivity index (χ0n) is 8.62. The molecule has 5 heteroatoms. The Kier molecular flexibility index (Phi) is 4.17. The molecule has 0 aliphatic rings. The maximum Gasteiger partial charge on any atom is 0.251 e. The molecule has 82 valence electrons. The number of pyridine rings is 1. The van der Waals surface area contributed by atoms with Crippen molar-refractivity contribution in [1.29, 1.82) is 0 Å². The number of aromatic nitrogens is 1. The number of ketones is 1. The minimum Gasteiger partial charge on any atom is -0.473 e. The lowest BCUT2D eigenvalue weighted by Crippen LogP contribution is -2.08. The third kappa shape index (κ3) is 3.28. The molecule has 1 heterocycles. The average Bonchev–Trinajstić information content (AvgIpc) is 2.20. The van der Waals surface area contributed by atoms with Crippen molar-refractivity contribution in [3.8, 4) is 5.88 Å². The van der Waals surface area contributed by atoms with Gasteiger partial charge in [-0.05, 0) is 12.1 Å². The summed E-state index contributed by atoms with van der Waals surface area (Å²) in [5, 5.41) is 0. The second kappa shape index (κ2) is 5.41. The van der Waals surface area contributed by atoms with E-state index in [9.17, 15) is 9.18 Å². The predicted octanol–water partition coefficient (Wildman–Crippen LogP) is 1.45. The van der Waals surface area contributed by atoms with E-state index >= 15 is 0 Å². The summed E-state index contributed by atoms with van der Waals surface area (Å²) in [4.78, 5) is 14.7. The van der Waals surface area contributed by atoms with Gasteiger partial charge in [-0.1, -0.05) is 0 Å². The first-order valence-electron chi connectivity index (χ1n) is 4.44. The molecule has 0 radical (unpaired) electrons. The number of halogens is 1. The maximum absolute atomic E-state index is 13.1.